The van der Waals surface area contributed by atoms with Crippen LogP contribution < -0.4 is 24.5 Å². The molecule has 1 N–H and O–H groups in total. The van der Waals surface area contributed by atoms with Crippen molar-refractivity contribution in [3.8, 4) is 34.3 Å². The fourth-order valence-corrected chi connectivity index (χ4v) is 4.15. The van der Waals surface area contributed by atoms with Crippen LogP contribution >= 0.6 is 11.8 Å². The number of methoxy groups -OCH3 is 2. The Morgan fingerprint density at radius 3 is 2.74 bits per heavy atom. The molecule has 9 nitrogen and oxygen atoms in total. The molecule has 0 saturated carbocycles. The number of hydrogen-bond acceptors (Lipinski definition) is 8. The van der Waals surface area contributed by atoms with Gasteiger partial charge in [-0.2, -0.15) is 5.10 Å². The van der Waals surface area contributed by atoms with Gasteiger partial charge in [0.05, 0.1) is 19.9 Å². The van der Waals surface area contributed by atoms with Crippen LogP contribution in [-0.2, 0) is 5.75 Å². The largest absolute Gasteiger partial charge is 0.493 e. The summed E-state index contributed by atoms with van der Waals surface area (Å²) in [5.74, 6) is 3.30. The van der Waals surface area contributed by atoms with Crippen LogP contribution in [0.5, 0.6) is 23.0 Å². The van der Waals surface area contributed by atoms with Gasteiger partial charge in [0, 0.05) is 11.3 Å². The number of rotatable bonds is 6. The van der Waals surface area contributed by atoms with Crippen molar-refractivity contribution in [3.63, 3.8) is 0 Å². The standard InChI is InChI=1S/C21H18N4O5S/c1-27-16-6-4-13(8-18(16)28-2)14-9-15-20(26)22-23-21(25(15)24-14)31-10-12-3-5-17-19(7-12)30-11-29-17/h3-9H,10-11H2,1-2H3,(H,22,26). The quantitative estimate of drug-likeness (QED) is 0.459. The van der Waals surface area contributed by atoms with Crippen LogP contribution in [-0.4, -0.2) is 40.8 Å². The van der Waals surface area contributed by atoms with E-state index in [-0.39, 0.29) is 12.4 Å². The SMILES string of the molecule is COc1ccc(-c2cc3c(=O)[nH]nc(SCc4ccc5c(c4)OCO5)n3n2)cc1OC. The van der Waals surface area contributed by atoms with Gasteiger partial charge in [-0.05, 0) is 42.0 Å². The van der Waals surface area contributed by atoms with Crippen LogP contribution in [0.4, 0.5) is 0 Å². The smallest absolute Gasteiger partial charge is 0.290 e. The first-order valence-electron chi connectivity index (χ1n) is 9.38. The second kappa shape index (κ2) is 7.88. The molecule has 31 heavy (non-hydrogen) atoms. The number of hydrogen-bond donors (Lipinski definition) is 1. The number of fused-ring (bicyclic) bond motifs is 2. The number of nitrogens with one attached hydrogen (secondary N) is 1. The summed E-state index contributed by atoms with van der Waals surface area (Å²) in [5.41, 5.74) is 2.57. The number of nitrogens with zero attached hydrogens (tertiary/aromatic N) is 3. The van der Waals surface area contributed by atoms with Crippen molar-refractivity contribution in [2.45, 2.75) is 10.9 Å². The Morgan fingerprint density at radius 2 is 1.90 bits per heavy atom. The molecule has 2 aromatic heterocycles. The lowest BCUT2D eigenvalue weighted by atomic mass is 10.1. The van der Waals surface area contributed by atoms with E-state index in [9.17, 15) is 4.79 Å². The highest BCUT2D eigenvalue weighted by Gasteiger charge is 2.16. The predicted octanol–water partition coefficient (Wildman–Crippen LogP) is 3.12. The summed E-state index contributed by atoms with van der Waals surface area (Å²) in [7, 11) is 3.15. The lowest BCUT2D eigenvalue weighted by Crippen LogP contribution is -2.13. The summed E-state index contributed by atoms with van der Waals surface area (Å²) >= 11 is 1.46. The molecule has 2 aromatic carbocycles. The maximum atomic E-state index is 12.3. The Balaban J connectivity index is 1.47. The molecule has 5 rings (SSSR count). The summed E-state index contributed by atoms with van der Waals surface area (Å²) in [5, 5.41) is 11.9. The van der Waals surface area contributed by atoms with E-state index in [1.54, 1.807) is 30.9 Å². The van der Waals surface area contributed by atoms with Gasteiger partial charge < -0.3 is 18.9 Å². The minimum Gasteiger partial charge on any atom is -0.493 e. The minimum atomic E-state index is -0.313. The van der Waals surface area contributed by atoms with Crippen LogP contribution in [0.1, 0.15) is 5.56 Å². The Kier molecular flexibility index (Phi) is 4.91. The van der Waals surface area contributed by atoms with E-state index in [0.717, 1.165) is 22.6 Å². The molecule has 0 saturated heterocycles. The maximum Gasteiger partial charge on any atom is 0.290 e. The van der Waals surface area contributed by atoms with E-state index in [1.165, 1.54) is 11.8 Å². The molecule has 10 heteroatoms. The summed E-state index contributed by atoms with van der Waals surface area (Å²) < 4.78 is 23.0. The van der Waals surface area contributed by atoms with Crippen molar-refractivity contribution >= 4 is 17.3 Å². The first-order chi connectivity index (χ1) is 15.2. The summed E-state index contributed by atoms with van der Waals surface area (Å²) in [4.78, 5) is 12.3. The fraction of sp³-hybridized carbons (Fsp3) is 0.190. The average Bonchev–Trinajstić information content (AvgIpc) is 3.45. The molecule has 0 aliphatic carbocycles. The van der Waals surface area contributed by atoms with Crippen molar-refractivity contribution in [3.05, 3.63) is 58.4 Å². The molecule has 0 atom stereocenters. The molecule has 4 aromatic rings. The maximum absolute atomic E-state index is 12.3. The van der Waals surface area contributed by atoms with E-state index in [0.29, 0.717) is 33.6 Å². The highest BCUT2D eigenvalue weighted by Crippen LogP contribution is 2.35. The second-order valence-corrected chi connectivity index (χ2v) is 7.65. The third-order valence-electron chi connectivity index (χ3n) is 4.86. The molecule has 0 bridgehead atoms. The van der Waals surface area contributed by atoms with Gasteiger partial charge in [0.15, 0.2) is 23.0 Å². The Bertz CT molecular complexity index is 1330. The topological polar surface area (TPSA) is 100.0 Å². The lowest BCUT2D eigenvalue weighted by Gasteiger charge is -2.08. The fourth-order valence-electron chi connectivity index (χ4n) is 3.30. The van der Waals surface area contributed by atoms with Gasteiger partial charge >= 0.3 is 0 Å². The molecular weight excluding hydrogens is 420 g/mol. The zero-order valence-electron chi connectivity index (χ0n) is 16.7. The molecule has 0 spiro atoms. The van der Waals surface area contributed by atoms with Crippen molar-refractivity contribution in [1.29, 1.82) is 0 Å². The van der Waals surface area contributed by atoms with Crippen molar-refractivity contribution in [1.82, 2.24) is 19.8 Å². The van der Waals surface area contributed by atoms with E-state index >= 15 is 0 Å². The highest BCUT2D eigenvalue weighted by molar-refractivity contribution is 7.98. The van der Waals surface area contributed by atoms with Gasteiger partial charge in [0.1, 0.15) is 5.52 Å². The summed E-state index contributed by atoms with van der Waals surface area (Å²) in [6.07, 6.45) is 0. The van der Waals surface area contributed by atoms with Crippen molar-refractivity contribution in [2.75, 3.05) is 21.0 Å². The highest BCUT2D eigenvalue weighted by atomic mass is 32.2. The van der Waals surface area contributed by atoms with Crippen molar-refractivity contribution in [2.24, 2.45) is 0 Å². The first-order valence-corrected chi connectivity index (χ1v) is 10.4. The molecule has 0 amide bonds. The molecule has 0 radical (unpaired) electrons. The normalized spacial score (nSPS) is 12.3. The van der Waals surface area contributed by atoms with E-state index in [2.05, 4.69) is 15.3 Å². The Morgan fingerprint density at radius 1 is 1.06 bits per heavy atom. The van der Waals surface area contributed by atoms with Gasteiger partial charge in [-0.1, -0.05) is 17.8 Å². The molecule has 0 fully saturated rings. The van der Waals surface area contributed by atoms with Crippen LogP contribution in [0.15, 0.2) is 52.4 Å². The molecule has 1 aliphatic heterocycles. The molecule has 158 valence electrons. The Hall–Kier alpha value is -3.66. The van der Waals surface area contributed by atoms with Gasteiger partial charge in [-0.15, -0.1) is 5.10 Å². The summed E-state index contributed by atoms with van der Waals surface area (Å²) in [6, 6.07) is 13.0. The molecule has 1 aliphatic rings. The van der Waals surface area contributed by atoms with Crippen LogP contribution in [0.25, 0.3) is 16.8 Å². The average molecular weight is 438 g/mol. The van der Waals surface area contributed by atoms with Crippen LogP contribution in [0.2, 0.25) is 0 Å². The third-order valence-corrected chi connectivity index (χ3v) is 5.86. The predicted molar refractivity (Wildman–Crippen MR) is 114 cm³/mol. The zero-order valence-corrected chi connectivity index (χ0v) is 17.6. The van der Waals surface area contributed by atoms with E-state index in [4.69, 9.17) is 18.9 Å². The second-order valence-electron chi connectivity index (χ2n) is 6.71. The minimum absolute atomic E-state index is 0.236. The third kappa shape index (κ3) is 3.55. The number of benzene rings is 2. The number of aromatic amines is 1. The van der Waals surface area contributed by atoms with Crippen LogP contribution in [0, 0.1) is 0 Å². The lowest BCUT2D eigenvalue weighted by molar-refractivity contribution is 0.174. The van der Waals surface area contributed by atoms with E-state index in [1.807, 2.05) is 30.3 Å². The summed E-state index contributed by atoms with van der Waals surface area (Å²) in [6.45, 7) is 0.236. The Labute approximate surface area is 180 Å². The van der Waals surface area contributed by atoms with Gasteiger partial charge in [0.2, 0.25) is 11.9 Å². The number of ether oxygens (including phenoxy) is 4. The molecule has 0 unspecified atom stereocenters. The monoisotopic (exact) mass is 438 g/mol. The molecule has 3 heterocycles. The van der Waals surface area contributed by atoms with Gasteiger partial charge in [-0.25, -0.2) is 9.61 Å². The number of thioether (sulfide) groups is 1. The van der Waals surface area contributed by atoms with Gasteiger partial charge in [-0.3, -0.25) is 4.79 Å². The van der Waals surface area contributed by atoms with Crippen molar-refractivity contribution < 1.29 is 18.9 Å². The van der Waals surface area contributed by atoms with Crippen LogP contribution in [0.3, 0.4) is 0 Å². The number of H-pyrrole nitrogens is 1. The first kappa shape index (κ1) is 19.3. The van der Waals surface area contributed by atoms with Gasteiger partial charge in [0.25, 0.3) is 5.56 Å². The zero-order chi connectivity index (χ0) is 21.4. The number of aromatic nitrogens is 4. The molecular formula is C21H18N4O5S. The van der Waals surface area contributed by atoms with E-state index < -0.39 is 0 Å².